The maximum Gasteiger partial charge on any atom is 0.164 e. The fraction of sp³-hybridized carbons (Fsp3) is 0.440. The topological polar surface area (TPSA) is 62.5 Å². The van der Waals surface area contributed by atoms with Gasteiger partial charge in [-0.15, -0.1) is 0 Å². The van der Waals surface area contributed by atoms with Crippen LogP contribution in [0.4, 0.5) is 0 Å². The van der Waals surface area contributed by atoms with Crippen LogP contribution in [0.15, 0.2) is 97.1 Å². The maximum atomic E-state index is 9.49. The zero-order valence-corrected chi connectivity index (χ0v) is 32.6. The lowest BCUT2D eigenvalue weighted by molar-refractivity contribution is 0.0738. The van der Waals surface area contributed by atoms with Crippen LogP contribution in [0.5, 0.6) is 0 Å². The number of hydrogen-bond acceptors (Lipinski definition) is 4. The van der Waals surface area contributed by atoms with Gasteiger partial charge in [0, 0.05) is 16.7 Å². The minimum absolute atomic E-state index is 0.196. The van der Waals surface area contributed by atoms with Gasteiger partial charge in [-0.25, -0.2) is 15.0 Å². The molecule has 0 aliphatic heterocycles. The van der Waals surface area contributed by atoms with E-state index in [-0.39, 0.29) is 10.8 Å². The first-order valence-corrected chi connectivity index (χ1v) is 20.8. The van der Waals surface area contributed by atoms with Gasteiger partial charge in [-0.05, 0) is 157 Å². The number of fused-ring (bicyclic) bond motifs is 4. The van der Waals surface area contributed by atoms with Gasteiger partial charge < -0.3 is 0 Å². The molecule has 1 heterocycles. The SMILES string of the molecule is C[C@@H]1CC2C[C@H](C)CC(c3cc(-c4nc(-c5ccccc5)nc(-c5ccccc5-c5ccc(C#N)cc5)n4)cc(C45CC(C[C@@H](C)C4)C[C@H](C)C5)c3)(C2)C1. The third kappa shape index (κ3) is 6.59. The normalized spacial score (nSPS) is 30.4. The summed E-state index contributed by atoms with van der Waals surface area (Å²) in [6, 6.07) is 36.6. The Hall–Kier alpha value is -4.62. The van der Waals surface area contributed by atoms with E-state index in [4.69, 9.17) is 15.0 Å². The summed E-state index contributed by atoms with van der Waals surface area (Å²) in [6.07, 6.45) is 13.2. The molecule has 9 rings (SSSR count). The molecule has 0 N–H and O–H groups in total. The Morgan fingerprint density at radius 3 is 1.46 bits per heavy atom. The molecular weight excluding hydrogens is 657 g/mol. The first-order chi connectivity index (χ1) is 26.2. The Morgan fingerprint density at radius 2 is 0.944 bits per heavy atom. The van der Waals surface area contributed by atoms with Crippen molar-refractivity contribution in [3.8, 4) is 51.4 Å². The van der Waals surface area contributed by atoms with Gasteiger partial charge in [0.15, 0.2) is 17.5 Å². The molecule has 0 saturated heterocycles. The molecule has 4 unspecified atom stereocenters. The summed E-state index contributed by atoms with van der Waals surface area (Å²) in [5.74, 6) is 6.71. The van der Waals surface area contributed by atoms with Crippen molar-refractivity contribution in [3.63, 3.8) is 0 Å². The smallest absolute Gasteiger partial charge is 0.164 e. The van der Waals surface area contributed by atoms with Crippen molar-refractivity contribution in [1.82, 2.24) is 15.0 Å². The summed E-state index contributed by atoms with van der Waals surface area (Å²) in [5, 5.41) is 9.49. The molecule has 4 aliphatic rings. The summed E-state index contributed by atoms with van der Waals surface area (Å²) < 4.78 is 0. The van der Waals surface area contributed by atoms with Crippen molar-refractivity contribution in [2.75, 3.05) is 0 Å². The Morgan fingerprint density at radius 1 is 0.481 bits per heavy atom. The molecule has 5 aromatic rings. The van der Waals surface area contributed by atoms with E-state index >= 15 is 0 Å². The molecule has 8 atom stereocenters. The standard InChI is InChI=1S/C50H54N4/c1-32-18-37-19-33(2)26-49(25-32,29-37)42-22-41(23-43(24-42)50-27-34(3)20-38(30-50)21-35(4)28-50)47-52-46(40-10-6-5-7-11-40)53-48(54-47)45-13-9-8-12-44(45)39-16-14-36(31-51)15-17-39/h5-17,22-24,32-35,37-38H,18-21,25-30H2,1-4H3/t32-,33+,34-,35+,37?,38?,49?,50?. The molecule has 4 bridgehead atoms. The van der Waals surface area contributed by atoms with E-state index in [9.17, 15) is 5.26 Å². The number of rotatable bonds is 6. The molecule has 0 spiro atoms. The van der Waals surface area contributed by atoms with E-state index < -0.39 is 0 Å². The number of nitriles is 1. The van der Waals surface area contributed by atoms with Crippen molar-refractivity contribution in [2.24, 2.45) is 35.5 Å². The number of aromatic nitrogens is 3. The third-order valence-corrected chi connectivity index (χ3v) is 13.8. The monoisotopic (exact) mass is 710 g/mol. The van der Waals surface area contributed by atoms with Crippen LogP contribution in [-0.2, 0) is 10.8 Å². The Kier molecular flexibility index (Phi) is 9.04. The van der Waals surface area contributed by atoms with Gasteiger partial charge in [-0.3, -0.25) is 0 Å². The molecule has 274 valence electrons. The van der Waals surface area contributed by atoms with Gasteiger partial charge in [-0.1, -0.05) is 100 Å². The summed E-state index contributed by atoms with van der Waals surface area (Å²) in [4.78, 5) is 16.0. The van der Waals surface area contributed by atoms with Crippen LogP contribution in [0.3, 0.4) is 0 Å². The number of hydrogen-bond donors (Lipinski definition) is 0. The molecule has 4 aromatic carbocycles. The predicted octanol–water partition coefficient (Wildman–Crippen LogP) is 12.6. The molecule has 0 radical (unpaired) electrons. The predicted molar refractivity (Wildman–Crippen MR) is 219 cm³/mol. The van der Waals surface area contributed by atoms with Crippen molar-refractivity contribution in [2.45, 2.75) is 103 Å². The van der Waals surface area contributed by atoms with E-state index in [1.807, 2.05) is 30.3 Å². The molecule has 4 nitrogen and oxygen atoms in total. The second-order valence-corrected chi connectivity index (χ2v) is 18.6. The average molecular weight is 711 g/mol. The van der Waals surface area contributed by atoms with E-state index in [1.54, 1.807) is 11.1 Å². The van der Waals surface area contributed by atoms with Gasteiger partial charge in [0.1, 0.15) is 0 Å². The van der Waals surface area contributed by atoms with E-state index in [1.165, 1.54) is 64.2 Å². The van der Waals surface area contributed by atoms with Gasteiger partial charge in [0.05, 0.1) is 11.6 Å². The second kappa shape index (κ2) is 13.9. The van der Waals surface area contributed by atoms with Gasteiger partial charge in [0.2, 0.25) is 0 Å². The highest BCUT2D eigenvalue weighted by Crippen LogP contribution is 2.58. The van der Waals surface area contributed by atoms with Crippen molar-refractivity contribution in [3.05, 3.63) is 114 Å². The van der Waals surface area contributed by atoms with Gasteiger partial charge in [-0.2, -0.15) is 5.26 Å². The highest BCUT2D eigenvalue weighted by molar-refractivity contribution is 5.82. The summed E-state index contributed by atoms with van der Waals surface area (Å²) >= 11 is 0. The first kappa shape index (κ1) is 35.1. The van der Waals surface area contributed by atoms with Crippen molar-refractivity contribution in [1.29, 1.82) is 5.26 Å². The number of benzene rings is 4. The number of nitrogens with zero attached hydrogens (tertiary/aromatic N) is 4. The molecule has 4 aliphatic carbocycles. The first-order valence-electron chi connectivity index (χ1n) is 20.8. The quantitative estimate of drug-likeness (QED) is 0.176. The van der Waals surface area contributed by atoms with Gasteiger partial charge >= 0.3 is 0 Å². The van der Waals surface area contributed by atoms with Crippen LogP contribution in [0, 0.1) is 46.8 Å². The summed E-state index contributed by atoms with van der Waals surface area (Å²) in [7, 11) is 0. The molecule has 1 aromatic heterocycles. The van der Waals surface area contributed by atoms with E-state index in [2.05, 4.69) is 100 Å². The molecule has 54 heavy (non-hydrogen) atoms. The van der Waals surface area contributed by atoms with Crippen LogP contribution in [0.1, 0.15) is 109 Å². The van der Waals surface area contributed by atoms with Crippen LogP contribution in [0.25, 0.3) is 45.3 Å². The molecule has 4 saturated carbocycles. The lowest BCUT2D eigenvalue weighted by Crippen LogP contribution is -2.44. The summed E-state index contributed by atoms with van der Waals surface area (Å²) in [5.41, 5.74) is 9.30. The lowest BCUT2D eigenvalue weighted by Gasteiger charge is -2.52. The minimum atomic E-state index is 0.196. The average Bonchev–Trinajstić information content (AvgIpc) is 3.17. The summed E-state index contributed by atoms with van der Waals surface area (Å²) in [6.45, 7) is 10.0. The fourth-order valence-electron chi connectivity index (χ4n) is 12.5. The third-order valence-electron chi connectivity index (χ3n) is 13.8. The second-order valence-electron chi connectivity index (χ2n) is 18.6. The van der Waals surface area contributed by atoms with Crippen LogP contribution in [-0.4, -0.2) is 15.0 Å². The molecule has 0 amide bonds. The highest BCUT2D eigenvalue weighted by Gasteiger charge is 2.48. The lowest BCUT2D eigenvalue weighted by atomic mass is 9.52. The minimum Gasteiger partial charge on any atom is -0.208 e. The maximum absolute atomic E-state index is 9.49. The highest BCUT2D eigenvalue weighted by atomic mass is 15.0. The zero-order chi connectivity index (χ0) is 37.0. The molecule has 4 heteroatoms. The van der Waals surface area contributed by atoms with Gasteiger partial charge in [0.25, 0.3) is 0 Å². The van der Waals surface area contributed by atoms with E-state index in [0.717, 1.165) is 69.1 Å². The Labute approximate surface area is 322 Å². The van der Waals surface area contributed by atoms with Crippen LogP contribution in [0.2, 0.25) is 0 Å². The molecule has 4 fully saturated rings. The van der Waals surface area contributed by atoms with E-state index in [0.29, 0.717) is 17.2 Å². The molecular formula is C50H54N4. The largest absolute Gasteiger partial charge is 0.208 e. The van der Waals surface area contributed by atoms with Crippen molar-refractivity contribution < 1.29 is 0 Å². The van der Waals surface area contributed by atoms with Crippen LogP contribution >= 0.6 is 0 Å². The Bertz CT molecular complexity index is 2100. The Balaban J connectivity index is 1.26. The zero-order valence-electron chi connectivity index (χ0n) is 32.6. The van der Waals surface area contributed by atoms with Crippen molar-refractivity contribution >= 4 is 0 Å². The fourth-order valence-corrected chi connectivity index (χ4v) is 12.5. The van der Waals surface area contributed by atoms with Crippen LogP contribution < -0.4 is 0 Å².